The fourth-order valence-corrected chi connectivity index (χ4v) is 1.70. The van der Waals surface area contributed by atoms with Gasteiger partial charge in [0, 0.05) is 6.54 Å². The van der Waals surface area contributed by atoms with Crippen LogP contribution < -0.4 is 0 Å². The number of hydrogen-bond acceptors (Lipinski definition) is 8. The van der Waals surface area contributed by atoms with Crippen molar-refractivity contribution >= 4 is 17.9 Å². The quantitative estimate of drug-likeness (QED) is 0.228. The lowest BCUT2D eigenvalue weighted by Gasteiger charge is -2.27. The minimum atomic E-state index is -2.75. The molecule has 0 aromatic heterocycles. The molecule has 0 fully saturated rings. The molecule has 0 rings (SSSR count). The minimum absolute atomic E-state index is 0.0362. The second-order valence-electron chi connectivity index (χ2n) is 4.81. The van der Waals surface area contributed by atoms with Gasteiger partial charge in [0.1, 0.15) is 19.1 Å². The third-order valence-electron chi connectivity index (χ3n) is 2.85. The summed E-state index contributed by atoms with van der Waals surface area (Å²) >= 11 is 0. The van der Waals surface area contributed by atoms with Crippen molar-refractivity contribution in [1.29, 1.82) is 0 Å². The van der Waals surface area contributed by atoms with Gasteiger partial charge in [0.05, 0.1) is 12.8 Å². The minimum Gasteiger partial charge on any atom is -0.481 e. The number of aliphatic hydroxyl groups is 3. The van der Waals surface area contributed by atoms with Crippen LogP contribution in [0.15, 0.2) is 0 Å². The van der Waals surface area contributed by atoms with Crippen LogP contribution in [0.4, 0.5) is 0 Å². The summed E-state index contributed by atoms with van der Waals surface area (Å²) in [7, 11) is 0. The van der Waals surface area contributed by atoms with E-state index in [0.29, 0.717) is 0 Å². The third-order valence-corrected chi connectivity index (χ3v) is 2.85. The fourth-order valence-electron chi connectivity index (χ4n) is 1.70. The van der Waals surface area contributed by atoms with Crippen molar-refractivity contribution in [3.63, 3.8) is 0 Å². The molecule has 0 saturated carbocycles. The fraction of sp³-hybridized carbons (Fsp3) is 0.750. The molecular formula is C12H21NO9. The number of aliphatic carboxylic acids is 2. The van der Waals surface area contributed by atoms with Gasteiger partial charge in [-0.1, -0.05) is 0 Å². The number of carbonyl (C=O) groups excluding carboxylic acids is 1. The highest BCUT2D eigenvalue weighted by Gasteiger charge is 2.41. The molecule has 5 N–H and O–H groups in total. The monoisotopic (exact) mass is 323 g/mol. The second kappa shape index (κ2) is 8.63. The summed E-state index contributed by atoms with van der Waals surface area (Å²) in [5.41, 5.74) is -2.75. The van der Waals surface area contributed by atoms with E-state index >= 15 is 0 Å². The first kappa shape index (κ1) is 20.2. The highest BCUT2D eigenvalue weighted by atomic mass is 16.5. The van der Waals surface area contributed by atoms with Crippen LogP contribution in [-0.4, -0.2) is 79.5 Å². The van der Waals surface area contributed by atoms with Gasteiger partial charge in [-0.2, -0.15) is 0 Å². The highest BCUT2D eigenvalue weighted by molar-refractivity contribution is 5.88. The molecule has 0 aromatic rings. The molecule has 0 bridgehead atoms. The van der Waals surface area contributed by atoms with Crippen molar-refractivity contribution in [3.8, 4) is 0 Å². The molecule has 10 nitrogen and oxygen atoms in total. The smallest absolute Gasteiger partial charge is 0.336 e. The molecule has 0 aliphatic heterocycles. The molecule has 3 unspecified atom stereocenters. The van der Waals surface area contributed by atoms with E-state index in [2.05, 4.69) is 4.74 Å². The number of esters is 1. The summed E-state index contributed by atoms with van der Waals surface area (Å²) in [5.74, 6) is -4.53. The molecule has 0 aromatic carbocycles. The van der Waals surface area contributed by atoms with Crippen LogP contribution in [0.5, 0.6) is 0 Å². The average molecular weight is 323 g/mol. The summed E-state index contributed by atoms with van der Waals surface area (Å²) in [6, 6.07) is 0. The molecule has 0 saturated heterocycles. The number of hydrogen-bond donors (Lipinski definition) is 5. The van der Waals surface area contributed by atoms with Crippen LogP contribution in [0.25, 0.3) is 0 Å². The van der Waals surface area contributed by atoms with Gasteiger partial charge in [0.15, 0.2) is 5.60 Å². The molecule has 10 heteroatoms. The van der Waals surface area contributed by atoms with E-state index < -0.39 is 48.8 Å². The predicted octanol–water partition coefficient (Wildman–Crippen LogP) is -1.81. The first-order chi connectivity index (χ1) is 9.99. The molecule has 3 atom stereocenters. The average Bonchev–Trinajstić information content (AvgIpc) is 2.32. The largest absolute Gasteiger partial charge is 0.481 e. The van der Waals surface area contributed by atoms with Crippen LogP contribution in [0.1, 0.15) is 26.7 Å². The summed E-state index contributed by atoms with van der Waals surface area (Å²) in [6.07, 6.45) is -4.17. The highest BCUT2D eigenvalue weighted by Crippen LogP contribution is 2.17. The lowest BCUT2D eigenvalue weighted by molar-refractivity contribution is -0.172. The molecule has 128 valence electrons. The Balaban J connectivity index is 4.49. The lowest BCUT2D eigenvalue weighted by atomic mass is 9.96. The van der Waals surface area contributed by atoms with E-state index in [0.717, 1.165) is 0 Å². The molecule has 0 radical (unpaired) electrons. The zero-order valence-corrected chi connectivity index (χ0v) is 12.3. The topological polar surface area (TPSA) is 165 Å². The van der Waals surface area contributed by atoms with Crippen molar-refractivity contribution in [2.45, 2.75) is 44.7 Å². The number of carboxylic acid groups (broad SMARTS) is 2. The summed E-state index contributed by atoms with van der Waals surface area (Å²) in [5, 5.41) is 45.7. The Kier molecular flexibility index (Phi) is 7.95. The van der Waals surface area contributed by atoms with Gasteiger partial charge in [-0.15, -0.1) is 0 Å². The zero-order chi connectivity index (χ0) is 17.5. The van der Waals surface area contributed by atoms with Crippen LogP contribution in [0, 0.1) is 0 Å². The standard InChI is InChI=1S/C12H21NO9/c1-7(14)13(8(2)15)3-4-22-10(18)6-12(21,11(19)20)5-9(16)17/h7-8,14-15,21H,3-6H2,1-2H3,(H,16,17)(H,19,20). The second-order valence-corrected chi connectivity index (χ2v) is 4.81. The lowest BCUT2D eigenvalue weighted by Crippen LogP contribution is -2.44. The molecule has 0 heterocycles. The van der Waals surface area contributed by atoms with Crippen molar-refractivity contribution in [3.05, 3.63) is 0 Å². The van der Waals surface area contributed by atoms with E-state index in [-0.39, 0.29) is 13.2 Å². The van der Waals surface area contributed by atoms with Crippen molar-refractivity contribution in [2.75, 3.05) is 13.2 Å². The molecular weight excluding hydrogens is 302 g/mol. The van der Waals surface area contributed by atoms with Crippen molar-refractivity contribution in [2.24, 2.45) is 0 Å². The van der Waals surface area contributed by atoms with Gasteiger partial charge in [-0.25, -0.2) is 9.69 Å². The summed E-state index contributed by atoms with van der Waals surface area (Å²) in [6.45, 7) is 2.47. The van der Waals surface area contributed by atoms with E-state index in [1.807, 2.05) is 0 Å². The number of carbonyl (C=O) groups is 3. The third kappa shape index (κ3) is 6.80. The molecule has 22 heavy (non-hydrogen) atoms. The Morgan fingerprint density at radius 1 is 1.09 bits per heavy atom. The van der Waals surface area contributed by atoms with Crippen molar-refractivity contribution in [1.82, 2.24) is 4.90 Å². The van der Waals surface area contributed by atoms with Crippen LogP contribution in [0.3, 0.4) is 0 Å². The summed E-state index contributed by atoms with van der Waals surface area (Å²) in [4.78, 5) is 34.0. The van der Waals surface area contributed by atoms with Crippen LogP contribution in [0.2, 0.25) is 0 Å². The van der Waals surface area contributed by atoms with Gasteiger partial charge in [0.25, 0.3) is 0 Å². The Bertz CT molecular complexity index is 401. The molecule has 0 amide bonds. The first-order valence-electron chi connectivity index (χ1n) is 6.44. The van der Waals surface area contributed by atoms with E-state index in [9.17, 15) is 29.7 Å². The molecule has 0 aliphatic rings. The Morgan fingerprint density at radius 2 is 1.59 bits per heavy atom. The van der Waals surface area contributed by atoms with Crippen LogP contribution in [-0.2, 0) is 19.1 Å². The first-order valence-corrected chi connectivity index (χ1v) is 6.44. The maximum absolute atomic E-state index is 11.5. The number of rotatable bonds is 10. The summed E-state index contributed by atoms with van der Waals surface area (Å²) < 4.78 is 4.68. The maximum Gasteiger partial charge on any atom is 0.336 e. The Labute approximate surface area is 126 Å². The van der Waals surface area contributed by atoms with Crippen molar-refractivity contribution < 1.29 is 44.7 Å². The van der Waals surface area contributed by atoms with E-state index in [4.69, 9.17) is 10.2 Å². The molecule has 0 spiro atoms. The Morgan fingerprint density at radius 3 is 1.95 bits per heavy atom. The number of nitrogens with zero attached hydrogens (tertiary/aromatic N) is 1. The van der Waals surface area contributed by atoms with Gasteiger partial charge in [0.2, 0.25) is 0 Å². The number of carboxylic acids is 2. The zero-order valence-electron chi connectivity index (χ0n) is 12.3. The number of aliphatic hydroxyl groups excluding tert-OH is 2. The van der Waals surface area contributed by atoms with Gasteiger partial charge < -0.3 is 30.3 Å². The maximum atomic E-state index is 11.5. The van der Waals surface area contributed by atoms with Gasteiger partial charge in [-0.3, -0.25) is 9.59 Å². The van der Waals surface area contributed by atoms with E-state index in [1.165, 1.54) is 18.7 Å². The molecule has 0 aliphatic carbocycles. The van der Waals surface area contributed by atoms with Gasteiger partial charge >= 0.3 is 17.9 Å². The SMILES string of the molecule is CC(O)N(CCOC(=O)CC(O)(CC(=O)O)C(=O)O)C(C)O. The van der Waals surface area contributed by atoms with Crippen LogP contribution >= 0.6 is 0 Å². The van der Waals surface area contributed by atoms with E-state index in [1.54, 1.807) is 0 Å². The van der Waals surface area contributed by atoms with Gasteiger partial charge in [-0.05, 0) is 13.8 Å². The number of ether oxygens (including phenoxy) is 1. The predicted molar refractivity (Wildman–Crippen MR) is 70.5 cm³/mol. The normalized spacial score (nSPS) is 16.6. The Hall–Kier alpha value is -1.75.